The van der Waals surface area contributed by atoms with Crippen molar-refractivity contribution in [2.24, 2.45) is 10.9 Å². The van der Waals surface area contributed by atoms with E-state index < -0.39 is 5.82 Å². The molecular weight excluding hydrogens is 261 g/mol. The summed E-state index contributed by atoms with van der Waals surface area (Å²) in [6.45, 7) is 0. The van der Waals surface area contributed by atoms with E-state index in [0.717, 1.165) is 4.34 Å². The second-order valence-electron chi connectivity index (χ2n) is 3.00. The molecule has 4 nitrogen and oxygen atoms in total. The molecule has 1 aromatic heterocycles. The van der Waals surface area contributed by atoms with Crippen molar-refractivity contribution < 1.29 is 9.60 Å². The van der Waals surface area contributed by atoms with Crippen molar-refractivity contribution in [3.05, 3.63) is 41.2 Å². The van der Waals surface area contributed by atoms with Crippen molar-refractivity contribution in [2.75, 3.05) is 0 Å². The molecule has 0 saturated heterocycles. The average Bonchev–Trinajstić information content (AvgIpc) is 2.81. The highest BCUT2D eigenvalue weighted by atomic mass is 32.2. The zero-order valence-electron chi connectivity index (χ0n) is 8.50. The van der Waals surface area contributed by atoms with E-state index in [1.807, 2.05) is 5.38 Å². The highest BCUT2D eigenvalue weighted by Crippen LogP contribution is 2.32. The summed E-state index contributed by atoms with van der Waals surface area (Å²) in [7, 11) is 0. The van der Waals surface area contributed by atoms with Crippen molar-refractivity contribution in [3.63, 3.8) is 0 Å². The molecule has 0 amide bonds. The van der Waals surface area contributed by atoms with Crippen LogP contribution in [0.1, 0.15) is 5.56 Å². The molecule has 0 radical (unpaired) electrons. The van der Waals surface area contributed by atoms with E-state index in [-0.39, 0.29) is 11.4 Å². The summed E-state index contributed by atoms with van der Waals surface area (Å²) in [6, 6.07) is 4.53. The van der Waals surface area contributed by atoms with Crippen molar-refractivity contribution in [3.8, 4) is 0 Å². The molecule has 7 heteroatoms. The molecule has 88 valence electrons. The number of nitrogens with two attached hydrogens (primary N) is 1. The summed E-state index contributed by atoms with van der Waals surface area (Å²) in [5.41, 5.74) is 5.55. The highest BCUT2D eigenvalue weighted by molar-refractivity contribution is 8.01. The Labute approximate surface area is 105 Å². The number of nitrogens with zero attached hydrogens (tertiary/aromatic N) is 2. The maximum Gasteiger partial charge on any atom is 0.174 e. The van der Waals surface area contributed by atoms with E-state index in [0.29, 0.717) is 4.90 Å². The molecule has 1 aromatic carbocycles. The molecule has 0 fully saturated rings. The van der Waals surface area contributed by atoms with Gasteiger partial charge in [-0.05, 0) is 12.1 Å². The van der Waals surface area contributed by atoms with E-state index >= 15 is 0 Å². The standard InChI is InChI=1S/C10H8FN3OS2/c11-6-2-1-3-7(8(6)9(12)14-15)17-10-13-4-5-16-10/h1-5,15H,(H2,12,14). The lowest BCUT2D eigenvalue weighted by Crippen LogP contribution is -2.16. The van der Waals surface area contributed by atoms with Gasteiger partial charge in [-0.25, -0.2) is 9.37 Å². The Balaban J connectivity index is 2.43. The van der Waals surface area contributed by atoms with E-state index in [9.17, 15) is 4.39 Å². The van der Waals surface area contributed by atoms with Gasteiger partial charge >= 0.3 is 0 Å². The summed E-state index contributed by atoms with van der Waals surface area (Å²) >= 11 is 2.71. The van der Waals surface area contributed by atoms with E-state index in [4.69, 9.17) is 10.9 Å². The van der Waals surface area contributed by atoms with Gasteiger partial charge in [-0.3, -0.25) is 0 Å². The second-order valence-corrected chi connectivity index (χ2v) is 5.18. The molecule has 2 aromatic rings. The zero-order valence-corrected chi connectivity index (χ0v) is 10.1. The van der Waals surface area contributed by atoms with Crippen LogP contribution in [0.25, 0.3) is 0 Å². The topological polar surface area (TPSA) is 71.5 Å². The molecule has 0 unspecified atom stereocenters. The molecule has 17 heavy (non-hydrogen) atoms. The summed E-state index contributed by atoms with van der Waals surface area (Å²) in [4.78, 5) is 4.65. The molecule has 0 saturated carbocycles. The van der Waals surface area contributed by atoms with Gasteiger partial charge in [-0.1, -0.05) is 23.0 Å². The van der Waals surface area contributed by atoms with Gasteiger partial charge in [0.15, 0.2) is 10.2 Å². The van der Waals surface area contributed by atoms with E-state index in [1.54, 1.807) is 18.3 Å². The molecular formula is C10H8FN3OS2. The van der Waals surface area contributed by atoms with Crippen molar-refractivity contribution in [2.45, 2.75) is 9.24 Å². The van der Waals surface area contributed by atoms with Crippen LogP contribution in [-0.4, -0.2) is 16.0 Å². The van der Waals surface area contributed by atoms with Crippen LogP contribution in [0.2, 0.25) is 0 Å². The first-order valence-electron chi connectivity index (χ1n) is 4.56. The first kappa shape index (κ1) is 11.9. The maximum absolute atomic E-state index is 13.6. The fourth-order valence-electron chi connectivity index (χ4n) is 1.24. The number of oxime groups is 1. The smallest absolute Gasteiger partial charge is 0.174 e. The molecule has 0 aliphatic heterocycles. The average molecular weight is 269 g/mol. The molecule has 0 bridgehead atoms. The second kappa shape index (κ2) is 5.15. The van der Waals surface area contributed by atoms with Crippen molar-refractivity contribution in [1.29, 1.82) is 0 Å². The van der Waals surface area contributed by atoms with Crippen LogP contribution in [0.4, 0.5) is 4.39 Å². The Morgan fingerprint density at radius 1 is 1.53 bits per heavy atom. The van der Waals surface area contributed by atoms with Gasteiger partial charge in [0.05, 0.1) is 5.56 Å². The fourth-order valence-corrected chi connectivity index (χ4v) is 2.98. The normalized spacial score (nSPS) is 11.7. The summed E-state index contributed by atoms with van der Waals surface area (Å²) < 4.78 is 14.4. The van der Waals surface area contributed by atoms with Crippen molar-refractivity contribution >= 4 is 28.9 Å². The predicted molar refractivity (Wildman–Crippen MR) is 65.1 cm³/mol. The van der Waals surface area contributed by atoms with Crippen LogP contribution in [0.3, 0.4) is 0 Å². The monoisotopic (exact) mass is 269 g/mol. The number of halogens is 1. The lowest BCUT2D eigenvalue weighted by molar-refractivity contribution is 0.318. The van der Waals surface area contributed by atoms with Crippen LogP contribution in [0, 0.1) is 5.82 Å². The number of hydrogen-bond donors (Lipinski definition) is 2. The third-order valence-corrected chi connectivity index (χ3v) is 3.89. The number of thiazole rings is 1. The molecule has 1 heterocycles. The molecule has 0 spiro atoms. The van der Waals surface area contributed by atoms with Crippen molar-refractivity contribution in [1.82, 2.24) is 4.98 Å². The van der Waals surface area contributed by atoms with Gasteiger partial charge in [-0.15, -0.1) is 11.3 Å². The van der Waals surface area contributed by atoms with Gasteiger partial charge in [-0.2, -0.15) is 0 Å². The third kappa shape index (κ3) is 2.56. The lowest BCUT2D eigenvalue weighted by Gasteiger charge is -2.06. The number of benzene rings is 1. The number of amidine groups is 1. The molecule has 3 N–H and O–H groups in total. The summed E-state index contributed by atoms with van der Waals surface area (Å²) in [5.74, 6) is -0.774. The quantitative estimate of drug-likeness (QED) is 0.389. The van der Waals surface area contributed by atoms with Gasteiger partial charge in [0.25, 0.3) is 0 Å². The summed E-state index contributed by atoms with van der Waals surface area (Å²) in [5, 5.41) is 13.3. The maximum atomic E-state index is 13.6. The Kier molecular flexibility index (Phi) is 3.60. The molecule has 0 atom stereocenters. The Bertz CT molecular complexity index is 542. The summed E-state index contributed by atoms with van der Waals surface area (Å²) in [6.07, 6.45) is 1.66. The first-order chi connectivity index (χ1) is 8.22. The Morgan fingerprint density at radius 2 is 2.35 bits per heavy atom. The van der Waals surface area contributed by atoms with Crippen LogP contribution in [-0.2, 0) is 0 Å². The lowest BCUT2D eigenvalue weighted by atomic mass is 10.2. The Morgan fingerprint density at radius 3 is 3.00 bits per heavy atom. The van der Waals surface area contributed by atoms with Gasteiger partial charge in [0.2, 0.25) is 0 Å². The fraction of sp³-hybridized carbons (Fsp3) is 0. The largest absolute Gasteiger partial charge is 0.409 e. The Hall–Kier alpha value is -1.60. The van der Waals surface area contributed by atoms with E-state index in [2.05, 4.69) is 10.1 Å². The third-order valence-electron chi connectivity index (χ3n) is 1.95. The molecule has 2 rings (SSSR count). The first-order valence-corrected chi connectivity index (χ1v) is 6.25. The molecule has 0 aliphatic carbocycles. The number of hydrogen-bond acceptors (Lipinski definition) is 5. The van der Waals surface area contributed by atoms with Gasteiger partial charge in [0.1, 0.15) is 5.82 Å². The highest BCUT2D eigenvalue weighted by Gasteiger charge is 2.14. The minimum Gasteiger partial charge on any atom is -0.409 e. The van der Waals surface area contributed by atoms with Crippen LogP contribution < -0.4 is 5.73 Å². The van der Waals surface area contributed by atoms with Gasteiger partial charge in [0, 0.05) is 16.5 Å². The number of aromatic nitrogens is 1. The van der Waals surface area contributed by atoms with Crippen LogP contribution in [0.15, 0.2) is 44.2 Å². The minimum atomic E-state index is -0.526. The SMILES string of the molecule is NC(=NO)c1c(F)cccc1Sc1nccs1. The van der Waals surface area contributed by atoms with Crippen LogP contribution >= 0.6 is 23.1 Å². The zero-order chi connectivity index (χ0) is 12.3. The van der Waals surface area contributed by atoms with Gasteiger partial charge < -0.3 is 10.9 Å². The minimum absolute atomic E-state index is 0.0928. The predicted octanol–water partition coefficient (Wildman–Crippen LogP) is 2.53. The number of rotatable bonds is 3. The molecule has 0 aliphatic rings. The van der Waals surface area contributed by atoms with Crippen LogP contribution in [0.5, 0.6) is 0 Å². The van der Waals surface area contributed by atoms with E-state index in [1.165, 1.54) is 29.2 Å².